The van der Waals surface area contributed by atoms with Crippen molar-refractivity contribution in [1.82, 2.24) is 14.9 Å². The molecule has 0 unspecified atom stereocenters. The van der Waals surface area contributed by atoms with Crippen LogP contribution in [0.15, 0.2) is 24.5 Å². The predicted octanol–water partition coefficient (Wildman–Crippen LogP) is 1.56. The topological polar surface area (TPSA) is 99.1 Å². The van der Waals surface area contributed by atoms with Gasteiger partial charge < -0.3 is 10.6 Å². The van der Waals surface area contributed by atoms with Gasteiger partial charge in [-0.2, -0.15) is 5.26 Å². The zero-order chi connectivity index (χ0) is 18.0. The SMILES string of the molecule is C[C@@H]1C[C@@H](N(C)CC(N)=O)CN(c2ccc(C#N)c3nccnc23)C1.Cl. The first-order valence-electron chi connectivity index (χ1n) is 8.37. The summed E-state index contributed by atoms with van der Waals surface area (Å²) in [5, 5.41) is 9.30. The Labute approximate surface area is 159 Å². The lowest BCUT2D eigenvalue weighted by Crippen LogP contribution is -2.51. The number of hydrogen-bond donors (Lipinski definition) is 1. The average Bonchev–Trinajstić information content (AvgIpc) is 2.59. The van der Waals surface area contributed by atoms with Gasteiger partial charge in [-0.3, -0.25) is 19.7 Å². The first-order valence-corrected chi connectivity index (χ1v) is 8.37. The summed E-state index contributed by atoms with van der Waals surface area (Å²) in [6.07, 6.45) is 4.27. The van der Waals surface area contributed by atoms with Gasteiger partial charge >= 0.3 is 0 Å². The molecule has 0 bridgehead atoms. The lowest BCUT2D eigenvalue weighted by atomic mass is 9.94. The number of hydrogen-bond acceptors (Lipinski definition) is 6. The van der Waals surface area contributed by atoms with E-state index in [2.05, 4.69) is 27.9 Å². The highest BCUT2D eigenvalue weighted by Gasteiger charge is 2.29. The highest BCUT2D eigenvalue weighted by Crippen LogP contribution is 2.30. The van der Waals surface area contributed by atoms with Crippen molar-refractivity contribution in [1.29, 1.82) is 5.26 Å². The lowest BCUT2D eigenvalue weighted by Gasteiger charge is -2.41. The Morgan fingerprint density at radius 3 is 2.69 bits per heavy atom. The Balaban J connectivity index is 0.00000243. The number of benzene rings is 1. The number of carbonyl (C=O) groups excluding carboxylic acids is 1. The zero-order valence-corrected chi connectivity index (χ0v) is 15.7. The molecule has 1 fully saturated rings. The molecular formula is C18H23ClN6O. The quantitative estimate of drug-likeness (QED) is 0.871. The van der Waals surface area contributed by atoms with Gasteiger partial charge in [0.2, 0.25) is 5.91 Å². The minimum atomic E-state index is -0.318. The molecule has 1 amide bonds. The number of carbonyl (C=O) groups is 1. The lowest BCUT2D eigenvalue weighted by molar-refractivity contribution is -0.119. The van der Waals surface area contributed by atoms with Gasteiger partial charge in [0.1, 0.15) is 17.1 Å². The predicted molar refractivity (Wildman–Crippen MR) is 103 cm³/mol. The maximum absolute atomic E-state index is 11.2. The molecule has 1 saturated heterocycles. The molecule has 8 heteroatoms. The number of anilines is 1. The molecule has 7 nitrogen and oxygen atoms in total. The molecule has 0 radical (unpaired) electrons. The second kappa shape index (κ2) is 8.30. The molecule has 0 aliphatic carbocycles. The maximum atomic E-state index is 11.2. The molecule has 3 rings (SSSR count). The largest absolute Gasteiger partial charge is 0.369 e. The van der Waals surface area contributed by atoms with E-state index >= 15 is 0 Å². The van der Waals surface area contributed by atoms with Gasteiger partial charge in [0.05, 0.1) is 17.8 Å². The van der Waals surface area contributed by atoms with Crippen molar-refractivity contribution < 1.29 is 4.79 Å². The van der Waals surface area contributed by atoms with Crippen LogP contribution in [0.5, 0.6) is 0 Å². The van der Waals surface area contributed by atoms with E-state index in [0.717, 1.165) is 30.7 Å². The molecule has 1 aromatic carbocycles. The van der Waals surface area contributed by atoms with Crippen molar-refractivity contribution in [3.05, 3.63) is 30.1 Å². The highest BCUT2D eigenvalue weighted by molar-refractivity contribution is 5.92. The van der Waals surface area contributed by atoms with Gasteiger partial charge in [0, 0.05) is 31.5 Å². The Morgan fingerprint density at radius 1 is 1.35 bits per heavy atom. The number of nitriles is 1. The van der Waals surface area contributed by atoms with Gasteiger partial charge in [-0.15, -0.1) is 12.4 Å². The molecule has 1 aliphatic rings. The van der Waals surface area contributed by atoms with Crippen LogP contribution in [0.3, 0.4) is 0 Å². The van der Waals surface area contributed by atoms with Crippen LogP contribution in [0.1, 0.15) is 18.9 Å². The van der Waals surface area contributed by atoms with Crippen LogP contribution in [0.2, 0.25) is 0 Å². The molecular weight excluding hydrogens is 352 g/mol. The summed E-state index contributed by atoms with van der Waals surface area (Å²) < 4.78 is 0. The summed E-state index contributed by atoms with van der Waals surface area (Å²) in [4.78, 5) is 24.3. The van der Waals surface area contributed by atoms with Crippen LogP contribution >= 0.6 is 12.4 Å². The van der Waals surface area contributed by atoms with Crippen molar-refractivity contribution in [3.8, 4) is 6.07 Å². The Hall–Kier alpha value is -2.43. The van der Waals surface area contributed by atoms with Gasteiger partial charge in [-0.1, -0.05) is 6.92 Å². The fourth-order valence-corrected chi connectivity index (χ4v) is 3.60. The minimum Gasteiger partial charge on any atom is -0.369 e. The number of piperidine rings is 1. The molecule has 2 heterocycles. The van der Waals surface area contributed by atoms with Crippen molar-refractivity contribution in [3.63, 3.8) is 0 Å². The summed E-state index contributed by atoms with van der Waals surface area (Å²) in [6, 6.07) is 6.15. The van der Waals surface area contributed by atoms with Gasteiger partial charge in [0.25, 0.3) is 0 Å². The second-order valence-corrected chi connectivity index (χ2v) is 6.78. The molecule has 0 spiro atoms. The van der Waals surface area contributed by atoms with E-state index in [0.29, 0.717) is 17.0 Å². The molecule has 26 heavy (non-hydrogen) atoms. The standard InChI is InChI=1S/C18H22N6O.ClH/c1-12-7-14(23(2)11-16(20)25)10-24(9-12)15-4-3-13(8-19)17-18(15)22-6-5-21-17;/h3-6,12,14H,7,9-11H2,1-2H3,(H2,20,25);1H/t12-,14-;/m1./s1. The first kappa shape index (κ1) is 19.9. The fourth-order valence-electron chi connectivity index (χ4n) is 3.60. The number of nitrogens with two attached hydrogens (primary N) is 1. The van der Waals surface area contributed by atoms with Crippen LogP contribution in [0.4, 0.5) is 5.69 Å². The highest BCUT2D eigenvalue weighted by atomic mass is 35.5. The van der Waals surface area contributed by atoms with E-state index in [4.69, 9.17) is 5.73 Å². The fraction of sp³-hybridized carbons (Fsp3) is 0.444. The number of primary amides is 1. The number of nitrogens with zero attached hydrogens (tertiary/aromatic N) is 5. The summed E-state index contributed by atoms with van der Waals surface area (Å²) in [5.41, 5.74) is 8.22. The summed E-state index contributed by atoms with van der Waals surface area (Å²) in [7, 11) is 1.93. The van der Waals surface area contributed by atoms with Gasteiger partial charge in [-0.25, -0.2) is 0 Å². The Kier molecular flexibility index (Phi) is 6.35. The smallest absolute Gasteiger partial charge is 0.231 e. The average molecular weight is 375 g/mol. The third kappa shape index (κ3) is 4.03. The van der Waals surface area contributed by atoms with Crippen LogP contribution in [0.25, 0.3) is 11.0 Å². The van der Waals surface area contributed by atoms with E-state index in [1.165, 1.54) is 0 Å². The monoisotopic (exact) mass is 374 g/mol. The number of halogens is 1. The maximum Gasteiger partial charge on any atom is 0.231 e. The van der Waals surface area contributed by atoms with Gasteiger partial charge in [-0.05, 0) is 31.5 Å². The van der Waals surface area contributed by atoms with Crippen molar-refractivity contribution in [2.75, 3.05) is 31.6 Å². The Morgan fingerprint density at radius 2 is 2.04 bits per heavy atom. The minimum absolute atomic E-state index is 0. The molecule has 0 saturated carbocycles. The molecule has 1 aliphatic heterocycles. The van der Waals surface area contributed by atoms with Gasteiger partial charge in [0.15, 0.2) is 0 Å². The third-order valence-electron chi connectivity index (χ3n) is 4.73. The van der Waals surface area contributed by atoms with Crippen LogP contribution in [0, 0.1) is 17.2 Å². The molecule has 138 valence electrons. The number of amides is 1. The van der Waals surface area contributed by atoms with E-state index in [9.17, 15) is 10.1 Å². The van der Waals surface area contributed by atoms with E-state index < -0.39 is 0 Å². The number of aromatic nitrogens is 2. The van der Waals surface area contributed by atoms with Crippen LogP contribution in [-0.2, 0) is 4.79 Å². The van der Waals surface area contributed by atoms with Crippen molar-refractivity contribution in [2.24, 2.45) is 11.7 Å². The van der Waals surface area contributed by atoms with E-state index in [1.807, 2.05) is 18.0 Å². The second-order valence-electron chi connectivity index (χ2n) is 6.78. The van der Waals surface area contributed by atoms with E-state index in [-0.39, 0.29) is 30.9 Å². The normalized spacial score (nSPS) is 19.8. The molecule has 2 atom stereocenters. The number of rotatable bonds is 4. The first-order chi connectivity index (χ1) is 12.0. The molecule has 2 N–H and O–H groups in total. The number of likely N-dealkylation sites (N-methyl/N-ethyl adjacent to an activating group) is 1. The van der Waals surface area contributed by atoms with Crippen LogP contribution in [-0.4, -0.2) is 53.5 Å². The van der Waals surface area contributed by atoms with Crippen molar-refractivity contribution in [2.45, 2.75) is 19.4 Å². The summed E-state index contributed by atoms with van der Waals surface area (Å²) in [6.45, 7) is 4.14. The molecule has 1 aromatic heterocycles. The van der Waals surface area contributed by atoms with Crippen molar-refractivity contribution >= 4 is 35.0 Å². The third-order valence-corrected chi connectivity index (χ3v) is 4.73. The summed E-state index contributed by atoms with van der Waals surface area (Å²) >= 11 is 0. The van der Waals surface area contributed by atoms with E-state index in [1.54, 1.807) is 18.5 Å². The molecule has 2 aromatic rings. The number of fused-ring (bicyclic) bond motifs is 1. The van der Waals surface area contributed by atoms with Crippen LogP contribution < -0.4 is 10.6 Å². The zero-order valence-electron chi connectivity index (χ0n) is 14.9. The summed E-state index contributed by atoms with van der Waals surface area (Å²) in [5.74, 6) is 0.151. The Bertz CT molecular complexity index is 836.